The first-order valence-electron chi connectivity index (χ1n) is 10.8. The molecule has 174 valence electrons. The summed E-state index contributed by atoms with van der Waals surface area (Å²) in [6, 6.07) is 12.0. The van der Waals surface area contributed by atoms with Gasteiger partial charge in [-0.25, -0.2) is 17.8 Å². The fourth-order valence-corrected chi connectivity index (χ4v) is 6.93. The molecule has 1 fully saturated rings. The van der Waals surface area contributed by atoms with Gasteiger partial charge in [-0.15, -0.1) is 11.3 Å². The average Bonchev–Trinajstić information content (AvgIpc) is 3.55. The van der Waals surface area contributed by atoms with Crippen LogP contribution in [0.4, 0.5) is 15.9 Å². The molecule has 0 saturated carbocycles. The Labute approximate surface area is 202 Å². The molecule has 2 aromatic carbocycles. The topological polar surface area (TPSA) is 65.5 Å². The molecule has 1 aliphatic heterocycles. The van der Waals surface area contributed by atoms with E-state index < -0.39 is 20.7 Å². The lowest BCUT2D eigenvalue weighted by atomic mass is 10.1. The van der Waals surface area contributed by atoms with Crippen LogP contribution in [0.25, 0.3) is 0 Å². The number of aryl methyl sites for hydroxylation is 1. The van der Waals surface area contributed by atoms with Crippen LogP contribution in [-0.4, -0.2) is 44.5 Å². The van der Waals surface area contributed by atoms with Crippen molar-refractivity contribution in [2.45, 2.75) is 36.2 Å². The first kappa shape index (κ1) is 22.6. The number of sulfonamides is 1. The van der Waals surface area contributed by atoms with E-state index in [4.69, 9.17) is 11.6 Å². The number of benzene rings is 2. The third kappa shape index (κ3) is 4.23. The van der Waals surface area contributed by atoms with Crippen LogP contribution >= 0.6 is 22.9 Å². The Kier molecular flexibility index (Phi) is 6.07. The predicted molar refractivity (Wildman–Crippen MR) is 130 cm³/mol. The van der Waals surface area contributed by atoms with Crippen LogP contribution in [-0.2, 0) is 16.4 Å². The van der Waals surface area contributed by atoms with Gasteiger partial charge in [0.15, 0.2) is 11.6 Å². The molecule has 2 atom stereocenters. The standard InChI is InChI=1S/C23H24ClFN4O2S2/c1-28(16-10-11-29(12-16)18-7-6-15-4-2-3-5-17(15)18)19-8-9-20(23(25)22(19)24)33(30,31)27-21-13-32-14-26-21/h2-5,8-9,13-14,16,18,27H,6-7,10-12H2,1H3/t16?,18-/m0/s1. The highest BCUT2D eigenvalue weighted by molar-refractivity contribution is 7.92. The lowest BCUT2D eigenvalue weighted by Crippen LogP contribution is -2.35. The zero-order valence-electron chi connectivity index (χ0n) is 18.0. The van der Waals surface area contributed by atoms with Crippen LogP contribution in [0.15, 0.2) is 52.2 Å². The zero-order valence-corrected chi connectivity index (χ0v) is 20.4. The molecule has 1 N–H and O–H groups in total. The molecule has 5 rings (SSSR count). The lowest BCUT2D eigenvalue weighted by Gasteiger charge is -2.30. The molecule has 33 heavy (non-hydrogen) atoms. The lowest BCUT2D eigenvalue weighted by molar-refractivity contribution is 0.242. The Morgan fingerprint density at radius 3 is 2.85 bits per heavy atom. The van der Waals surface area contributed by atoms with Gasteiger partial charge in [-0.3, -0.25) is 9.62 Å². The van der Waals surface area contributed by atoms with Gasteiger partial charge in [0.05, 0.1) is 11.2 Å². The highest BCUT2D eigenvalue weighted by Crippen LogP contribution is 2.39. The van der Waals surface area contributed by atoms with Crippen molar-refractivity contribution >= 4 is 44.5 Å². The van der Waals surface area contributed by atoms with Crippen LogP contribution in [0.1, 0.15) is 30.0 Å². The number of likely N-dealkylation sites (tertiary alicyclic amines) is 1. The first-order chi connectivity index (χ1) is 15.8. The summed E-state index contributed by atoms with van der Waals surface area (Å²) in [5, 5.41) is 1.34. The second kappa shape index (κ2) is 8.87. The maximum Gasteiger partial charge on any atom is 0.266 e. The summed E-state index contributed by atoms with van der Waals surface area (Å²) in [5.74, 6) is -0.806. The van der Waals surface area contributed by atoms with Crippen molar-refractivity contribution in [2.75, 3.05) is 29.8 Å². The fraction of sp³-hybridized carbons (Fsp3) is 0.348. The highest BCUT2D eigenvalue weighted by atomic mass is 35.5. The molecule has 1 aliphatic carbocycles. The van der Waals surface area contributed by atoms with Crippen molar-refractivity contribution in [2.24, 2.45) is 0 Å². The summed E-state index contributed by atoms with van der Waals surface area (Å²) in [6.45, 7) is 1.80. The largest absolute Gasteiger partial charge is 0.369 e. The Hall–Kier alpha value is -2.20. The predicted octanol–water partition coefficient (Wildman–Crippen LogP) is 4.93. The van der Waals surface area contributed by atoms with Gasteiger partial charge in [0.25, 0.3) is 10.0 Å². The molecule has 0 spiro atoms. The monoisotopic (exact) mass is 506 g/mol. The molecule has 3 aromatic rings. The molecular formula is C23H24ClFN4O2S2. The maximum atomic E-state index is 15.1. The van der Waals surface area contributed by atoms with E-state index in [1.165, 1.54) is 39.4 Å². The number of anilines is 2. The summed E-state index contributed by atoms with van der Waals surface area (Å²) in [6.07, 6.45) is 3.14. The number of rotatable bonds is 6. The number of thiazole rings is 1. The molecule has 2 aliphatic rings. The molecule has 2 heterocycles. The molecule has 6 nitrogen and oxygen atoms in total. The quantitative estimate of drug-likeness (QED) is 0.513. The van der Waals surface area contributed by atoms with Gasteiger partial charge in [0.1, 0.15) is 9.92 Å². The molecule has 0 amide bonds. The number of nitrogens with zero attached hydrogens (tertiary/aromatic N) is 3. The normalized spacial score (nSPS) is 20.7. The van der Waals surface area contributed by atoms with Gasteiger partial charge >= 0.3 is 0 Å². The van der Waals surface area contributed by atoms with Crippen molar-refractivity contribution in [3.63, 3.8) is 0 Å². The van der Waals surface area contributed by atoms with Gasteiger partial charge in [-0.05, 0) is 42.5 Å². The number of fused-ring (bicyclic) bond motifs is 1. The number of halogens is 2. The Morgan fingerprint density at radius 1 is 1.24 bits per heavy atom. The molecule has 1 saturated heterocycles. The first-order valence-corrected chi connectivity index (χ1v) is 13.6. The van der Waals surface area contributed by atoms with Gasteiger partial charge in [0.2, 0.25) is 0 Å². The van der Waals surface area contributed by atoms with Gasteiger partial charge in [0, 0.05) is 37.6 Å². The van der Waals surface area contributed by atoms with E-state index in [9.17, 15) is 8.42 Å². The summed E-state index contributed by atoms with van der Waals surface area (Å²) in [4.78, 5) is 7.86. The second-order valence-corrected chi connectivity index (χ2v) is 11.2. The Bertz CT molecular complexity index is 1270. The Balaban J connectivity index is 1.33. The minimum absolute atomic E-state index is 0.149. The molecule has 10 heteroatoms. The van der Waals surface area contributed by atoms with Crippen molar-refractivity contribution in [1.82, 2.24) is 9.88 Å². The zero-order chi connectivity index (χ0) is 23.2. The van der Waals surface area contributed by atoms with E-state index in [2.05, 4.69) is 38.9 Å². The van der Waals surface area contributed by atoms with Crippen molar-refractivity contribution in [1.29, 1.82) is 0 Å². The van der Waals surface area contributed by atoms with Crippen LogP contribution in [0.3, 0.4) is 0 Å². The highest BCUT2D eigenvalue weighted by Gasteiger charge is 2.35. The van der Waals surface area contributed by atoms with Crippen molar-refractivity contribution < 1.29 is 12.8 Å². The third-order valence-electron chi connectivity index (χ3n) is 6.65. The molecule has 1 aromatic heterocycles. The minimum atomic E-state index is -4.14. The average molecular weight is 507 g/mol. The number of aromatic nitrogens is 1. The van der Waals surface area contributed by atoms with Gasteiger partial charge < -0.3 is 4.90 Å². The molecule has 0 radical (unpaired) electrons. The van der Waals surface area contributed by atoms with Crippen molar-refractivity contribution in [3.05, 3.63) is 69.3 Å². The number of hydrogen-bond donors (Lipinski definition) is 1. The van der Waals surface area contributed by atoms with Crippen molar-refractivity contribution in [3.8, 4) is 0 Å². The Morgan fingerprint density at radius 2 is 2.06 bits per heavy atom. The van der Waals surface area contributed by atoms with Crippen LogP contribution in [0.5, 0.6) is 0 Å². The minimum Gasteiger partial charge on any atom is -0.369 e. The van der Waals surface area contributed by atoms with E-state index in [0.717, 1.165) is 32.4 Å². The van der Waals surface area contributed by atoms with E-state index in [0.29, 0.717) is 11.7 Å². The van der Waals surface area contributed by atoms with Crippen LogP contribution in [0, 0.1) is 5.82 Å². The van der Waals surface area contributed by atoms with E-state index in [1.54, 1.807) is 6.07 Å². The SMILES string of the molecule is CN(c1ccc(S(=O)(=O)Nc2cscn2)c(F)c1Cl)C1CCN([C@H]2CCc3ccccc32)C1. The maximum absolute atomic E-state index is 15.1. The molecule has 0 bridgehead atoms. The van der Waals surface area contributed by atoms with E-state index >= 15 is 4.39 Å². The number of likely N-dealkylation sites (N-methyl/N-ethyl adjacent to an activating group) is 1. The van der Waals surface area contributed by atoms with Crippen LogP contribution in [0.2, 0.25) is 5.02 Å². The van der Waals surface area contributed by atoms with Gasteiger partial charge in [-0.1, -0.05) is 35.9 Å². The molecule has 1 unspecified atom stereocenters. The number of hydrogen-bond acceptors (Lipinski definition) is 6. The fourth-order valence-electron chi connectivity index (χ4n) is 4.94. The molecular weight excluding hydrogens is 483 g/mol. The summed E-state index contributed by atoms with van der Waals surface area (Å²) in [7, 11) is -2.25. The summed E-state index contributed by atoms with van der Waals surface area (Å²) >= 11 is 7.59. The summed E-state index contributed by atoms with van der Waals surface area (Å²) in [5.41, 5.74) is 4.81. The van der Waals surface area contributed by atoms with Gasteiger partial charge in [-0.2, -0.15) is 0 Å². The summed E-state index contributed by atoms with van der Waals surface area (Å²) < 4.78 is 42.7. The smallest absolute Gasteiger partial charge is 0.266 e. The van der Waals surface area contributed by atoms with Crippen LogP contribution < -0.4 is 9.62 Å². The third-order valence-corrected chi connectivity index (χ3v) is 8.97. The van der Waals surface area contributed by atoms with E-state index in [1.807, 2.05) is 11.9 Å². The number of nitrogens with one attached hydrogen (secondary N) is 1. The van der Waals surface area contributed by atoms with E-state index in [-0.39, 0.29) is 16.9 Å². The second-order valence-electron chi connectivity index (χ2n) is 8.49.